The Morgan fingerprint density at radius 1 is 1.16 bits per heavy atom. The Balaban J connectivity index is 1.80. The number of hydrogen-bond donors (Lipinski definition) is 2. The topological polar surface area (TPSA) is 75.4 Å². The molecule has 1 saturated heterocycles. The van der Waals surface area contributed by atoms with E-state index in [-0.39, 0.29) is 23.7 Å². The van der Waals surface area contributed by atoms with Gasteiger partial charge in [0.05, 0.1) is 0 Å². The molecule has 1 aromatic carbocycles. The molecule has 1 aliphatic heterocycles. The number of amides is 2. The molecule has 5 heteroatoms. The van der Waals surface area contributed by atoms with Crippen LogP contribution in [0.2, 0.25) is 0 Å². The van der Waals surface area contributed by atoms with E-state index in [0.717, 1.165) is 32.1 Å². The summed E-state index contributed by atoms with van der Waals surface area (Å²) in [5.74, 6) is 0.501. The van der Waals surface area contributed by atoms with Crippen LogP contribution in [0.15, 0.2) is 30.3 Å². The summed E-state index contributed by atoms with van der Waals surface area (Å²) in [6.07, 6.45) is 4.59. The van der Waals surface area contributed by atoms with Crippen LogP contribution in [0.5, 0.6) is 0 Å². The highest BCUT2D eigenvalue weighted by atomic mass is 16.2. The summed E-state index contributed by atoms with van der Waals surface area (Å²) in [4.78, 5) is 27.0. The van der Waals surface area contributed by atoms with Crippen LogP contribution in [-0.4, -0.2) is 41.9 Å². The maximum Gasteiger partial charge on any atom is 0.248 e. The van der Waals surface area contributed by atoms with Crippen molar-refractivity contribution < 1.29 is 9.59 Å². The third kappa shape index (κ3) is 3.71. The summed E-state index contributed by atoms with van der Waals surface area (Å²) in [6, 6.07) is 10.3. The minimum Gasteiger partial charge on any atom is -0.342 e. The van der Waals surface area contributed by atoms with E-state index in [1.807, 2.05) is 23.1 Å². The fraction of sp³-hybridized carbons (Fsp3) is 0.600. The first-order valence-electron chi connectivity index (χ1n) is 9.39. The Kier molecular flexibility index (Phi) is 5.42. The van der Waals surface area contributed by atoms with Gasteiger partial charge >= 0.3 is 0 Å². The molecule has 2 amide bonds. The van der Waals surface area contributed by atoms with Gasteiger partial charge in [0.1, 0.15) is 5.54 Å². The normalized spacial score (nSPS) is 25.6. The van der Waals surface area contributed by atoms with E-state index < -0.39 is 5.54 Å². The minimum absolute atomic E-state index is 0.0827. The van der Waals surface area contributed by atoms with E-state index in [9.17, 15) is 9.59 Å². The highest BCUT2D eigenvalue weighted by Gasteiger charge is 2.46. The van der Waals surface area contributed by atoms with Crippen molar-refractivity contribution in [2.45, 2.75) is 50.5 Å². The van der Waals surface area contributed by atoms with Crippen molar-refractivity contribution in [3.05, 3.63) is 35.9 Å². The molecule has 2 atom stereocenters. The Labute approximate surface area is 150 Å². The second-order valence-electron chi connectivity index (χ2n) is 7.55. The molecule has 0 radical (unpaired) electrons. The second-order valence-corrected chi connectivity index (χ2v) is 7.55. The van der Waals surface area contributed by atoms with Crippen LogP contribution >= 0.6 is 0 Å². The number of nitrogens with one attached hydrogen (secondary N) is 1. The van der Waals surface area contributed by atoms with Crippen LogP contribution in [-0.2, 0) is 9.59 Å². The van der Waals surface area contributed by atoms with E-state index in [1.54, 1.807) is 0 Å². The molecule has 2 aliphatic rings. The maximum atomic E-state index is 13.4. The highest BCUT2D eigenvalue weighted by Crippen LogP contribution is 2.36. The van der Waals surface area contributed by atoms with E-state index in [0.29, 0.717) is 19.6 Å². The van der Waals surface area contributed by atoms with E-state index in [2.05, 4.69) is 17.4 Å². The van der Waals surface area contributed by atoms with Crippen LogP contribution in [0.4, 0.5) is 0 Å². The van der Waals surface area contributed by atoms with Gasteiger partial charge in [-0.05, 0) is 30.9 Å². The number of hydrogen-bond acceptors (Lipinski definition) is 3. The minimum atomic E-state index is -0.713. The Bertz CT molecular complexity index is 611. The standard InChI is InChI=1S/C20H29N3O2/c1-15(24)22-20(10-6-3-7-11-20)19(25)23-13-17(12-21)18(14-23)16-8-4-2-5-9-16/h2,4-5,8-9,17-18H,3,6-7,10-14,21H2,1H3,(H,22,24)/t17-,18+/m1/s1. The number of carbonyl (C=O) groups is 2. The highest BCUT2D eigenvalue weighted by molar-refractivity contribution is 5.91. The summed E-state index contributed by atoms with van der Waals surface area (Å²) in [5.41, 5.74) is 6.54. The molecule has 136 valence electrons. The lowest BCUT2D eigenvalue weighted by molar-refractivity contribution is -0.142. The fourth-order valence-corrected chi connectivity index (χ4v) is 4.54. The molecular weight excluding hydrogens is 314 g/mol. The molecule has 1 saturated carbocycles. The predicted octanol–water partition coefficient (Wildman–Crippen LogP) is 2.03. The summed E-state index contributed by atoms with van der Waals surface area (Å²) >= 11 is 0. The largest absolute Gasteiger partial charge is 0.342 e. The smallest absolute Gasteiger partial charge is 0.248 e. The monoisotopic (exact) mass is 343 g/mol. The number of likely N-dealkylation sites (tertiary alicyclic amines) is 1. The molecule has 25 heavy (non-hydrogen) atoms. The van der Waals surface area contributed by atoms with Gasteiger partial charge in [0.15, 0.2) is 0 Å². The summed E-state index contributed by atoms with van der Waals surface area (Å²) in [6.45, 7) is 3.43. The van der Waals surface area contributed by atoms with Gasteiger partial charge in [0.25, 0.3) is 0 Å². The van der Waals surface area contributed by atoms with Crippen LogP contribution in [0, 0.1) is 5.92 Å². The van der Waals surface area contributed by atoms with Crippen LogP contribution in [0.3, 0.4) is 0 Å². The van der Waals surface area contributed by atoms with Gasteiger partial charge in [-0.3, -0.25) is 9.59 Å². The number of nitrogens with zero attached hydrogens (tertiary/aromatic N) is 1. The lowest BCUT2D eigenvalue weighted by Gasteiger charge is -2.39. The van der Waals surface area contributed by atoms with Gasteiger partial charge < -0.3 is 16.0 Å². The van der Waals surface area contributed by atoms with E-state index in [4.69, 9.17) is 5.73 Å². The number of nitrogens with two attached hydrogens (primary N) is 1. The molecule has 5 nitrogen and oxygen atoms in total. The molecular formula is C20H29N3O2. The fourth-order valence-electron chi connectivity index (χ4n) is 4.54. The summed E-state index contributed by atoms with van der Waals surface area (Å²) in [5, 5.41) is 3.00. The number of rotatable bonds is 4. The van der Waals surface area contributed by atoms with E-state index >= 15 is 0 Å². The molecule has 1 aromatic rings. The Morgan fingerprint density at radius 3 is 2.44 bits per heavy atom. The number of carbonyl (C=O) groups excluding carboxylic acids is 2. The predicted molar refractivity (Wildman–Crippen MR) is 97.9 cm³/mol. The third-order valence-electron chi connectivity index (χ3n) is 5.79. The zero-order chi connectivity index (χ0) is 17.9. The van der Waals surface area contributed by atoms with Gasteiger partial charge in [0, 0.05) is 25.9 Å². The van der Waals surface area contributed by atoms with Crippen molar-refractivity contribution in [3.8, 4) is 0 Å². The van der Waals surface area contributed by atoms with Gasteiger partial charge in [-0.1, -0.05) is 49.6 Å². The van der Waals surface area contributed by atoms with Gasteiger partial charge in [-0.25, -0.2) is 0 Å². The molecule has 3 rings (SSSR count). The first-order valence-corrected chi connectivity index (χ1v) is 9.39. The van der Waals surface area contributed by atoms with Crippen molar-refractivity contribution >= 4 is 11.8 Å². The van der Waals surface area contributed by atoms with Crippen LogP contribution in [0.1, 0.15) is 50.5 Å². The Morgan fingerprint density at radius 2 is 1.84 bits per heavy atom. The van der Waals surface area contributed by atoms with Crippen molar-refractivity contribution in [3.63, 3.8) is 0 Å². The van der Waals surface area contributed by atoms with Gasteiger partial charge in [-0.15, -0.1) is 0 Å². The molecule has 3 N–H and O–H groups in total. The van der Waals surface area contributed by atoms with Crippen molar-refractivity contribution in [1.29, 1.82) is 0 Å². The first kappa shape index (κ1) is 17.9. The van der Waals surface area contributed by atoms with E-state index in [1.165, 1.54) is 12.5 Å². The Hall–Kier alpha value is -1.88. The quantitative estimate of drug-likeness (QED) is 0.878. The molecule has 1 heterocycles. The summed E-state index contributed by atoms with van der Waals surface area (Å²) in [7, 11) is 0. The lowest BCUT2D eigenvalue weighted by Crippen LogP contribution is -2.60. The zero-order valence-corrected chi connectivity index (χ0v) is 15.0. The molecule has 2 fully saturated rings. The zero-order valence-electron chi connectivity index (χ0n) is 15.0. The van der Waals surface area contributed by atoms with Crippen LogP contribution < -0.4 is 11.1 Å². The number of benzene rings is 1. The van der Waals surface area contributed by atoms with Gasteiger partial charge in [0.2, 0.25) is 11.8 Å². The third-order valence-corrected chi connectivity index (χ3v) is 5.79. The molecule has 1 aliphatic carbocycles. The molecule has 0 unspecified atom stereocenters. The lowest BCUT2D eigenvalue weighted by atomic mass is 9.80. The van der Waals surface area contributed by atoms with Crippen molar-refractivity contribution in [2.75, 3.05) is 19.6 Å². The average molecular weight is 343 g/mol. The van der Waals surface area contributed by atoms with Crippen molar-refractivity contribution in [2.24, 2.45) is 11.7 Å². The SMILES string of the molecule is CC(=O)NC1(C(=O)N2C[C@@H](CN)[C@H](c3ccccc3)C2)CCCCC1. The molecule has 0 spiro atoms. The maximum absolute atomic E-state index is 13.4. The van der Waals surface area contributed by atoms with Gasteiger partial charge in [-0.2, -0.15) is 0 Å². The average Bonchev–Trinajstić information content (AvgIpc) is 3.06. The second kappa shape index (κ2) is 7.56. The molecule has 0 bridgehead atoms. The van der Waals surface area contributed by atoms with Crippen molar-refractivity contribution in [1.82, 2.24) is 10.2 Å². The molecule has 0 aromatic heterocycles. The van der Waals surface area contributed by atoms with Crippen LogP contribution in [0.25, 0.3) is 0 Å². The first-order chi connectivity index (χ1) is 12.1. The summed E-state index contributed by atoms with van der Waals surface area (Å²) < 4.78 is 0.